The fourth-order valence-electron chi connectivity index (χ4n) is 1.51. The lowest BCUT2D eigenvalue weighted by Gasteiger charge is -2.14. The highest BCUT2D eigenvalue weighted by Crippen LogP contribution is 2.14. The lowest BCUT2D eigenvalue weighted by Crippen LogP contribution is -2.30. The summed E-state index contributed by atoms with van der Waals surface area (Å²) in [4.78, 5) is 11.6. The van der Waals surface area contributed by atoms with E-state index in [1.807, 2.05) is 13.8 Å². The molecular formula is C13H16F3NO2. The molecule has 0 aliphatic carbocycles. The van der Waals surface area contributed by atoms with Crippen LogP contribution in [0.1, 0.15) is 30.6 Å². The minimum Gasteiger partial charge on any atom is -0.393 e. The standard InChI is InChI=1S/C13H16F3NO2/c1-7(2)11(18)3-4-17-13(19)12-9(15)5-8(14)6-10(12)16/h5-7,11,18H,3-4H2,1-2H3,(H,17,19). The smallest absolute Gasteiger partial charge is 0.257 e. The summed E-state index contributed by atoms with van der Waals surface area (Å²) < 4.78 is 39.2. The summed E-state index contributed by atoms with van der Waals surface area (Å²) in [6.45, 7) is 3.70. The van der Waals surface area contributed by atoms with Crippen LogP contribution in [0.25, 0.3) is 0 Å². The van der Waals surface area contributed by atoms with Crippen molar-refractivity contribution in [2.45, 2.75) is 26.4 Å². The number of halogens is 3. The second-order valence-corrected chi connectivity index (χ2v) is 4.60. The van der Waals surface area contributed by atoms with Crippen LogP contribution in [0.3, 0.4) is 0 Å². The molecule has 3 nitrogen and oxygen atoms in total. The number of aliphatic hydroxyl groups is 1. The number of amides is 1. The van der Waals surface area contributed by atoms with Crippen LogP contribution in [-0.4, -0.2) is 23.7 Å². The third kappa shape index (κ3) is 4.24. The van der Waals surface area contributed by atoms with E-state index in [-0.39, 0.29) is 18.9 Å². The van der Waals surface area contributed by atoms with Gasteiger partial charge >= 0.3 is 0 Å². The van der Waals surface area contributed by atoms with Gasteiger partial charge in [-0.3, -0.25) is 4.79 Å². The van der Waals surface area contributed by atoms with Crippen LogP contribution in [0.15, 0.2) is 12.1 Å². The van der Waals surface area contributed by atoms with Crippen molar-refractivity contribution in [2.24, 2.45) is 5.92 Å². The van der Waals surface area contributed by atoms with Crippen molar-refractivity contribution >= 4 is 5.91 Å². The first-order chi connectivity index (χ1) is 8.82. The van der Waals surface area contributed by atoms with Crippen LogP contribution < -0.4 is 5.32 Å². The van der Waals surface area contributed by atoms with E-state index in [9.17, 15) is 23.1 Å². The molecule has 1 rings (SSSR count). The van der Waals surface area contributed by atoms with Gasteiger partial charge in [0.2, 0.25) is 0 Å². The van der Waals surface area contributed by atoms with Crippen LogP contribution >= 0.6 is 0 Å². The Kier molecular flexibility index (Phi) is 5.35. The third-order valence-electron chi connectivity index (χ3n) is 2.73. The predicted octanol–water partition coefficient (Wildman–Crippen LogP) is 2.24. The van der Waals surface area contributed by atoms with Gasteiger partial charge in [-0.1, -0.05) is 13.8 Å². The Hall–Kier alpha value is -1.56. The van der Waals surface area contributed by atoms with E-state index < -0.39 is 35.0 Å². The van der Waals surface area contributed by atoms with Gasteiger partial charge in [-0.25, -0.2) is 13.2 Å². The molecule has 0 saturated heterocycles. The quantitative estimate of drug-likeness (QED) is 0.866. The highest BCUT2D eigenvalue weighted by atomic mass is 19.1. The molecule has 0 fully saturated rings. The van der Waals surface area contributed by atoms with Crippen molar-refractivity contribution in [1.29, 1.82) is 0 Å². The largest absolute Gasteiger partial charge is 0.393 e. The summed E-state index contributed by atoms with van der Waals surface area (Å²) in [6, 6.07) is 0.891. The van der Waals surface area contributed by atoms with Gasteiger partial charge in [-0.2, -0.15) is 0 Å². The highest BCUT2D eigenvalue weighted by molar-refractivity contribution is 5.94. The van der Waals surface area contributed by atoms with E-state index in [1.165, 1.54) is 0 Å². The number of aliphatic hydroxyl groups excluding tert-OH is 1. The molecule has 0 spiro atoms. The van der Waals surface area contributed by atoms with E-state index in [0.29, 0.717) is 12.1 Å². The minimum atomic E-state index is -1.25. The molecule has 1 unspecified atom stereocenters. The molecule has 0 aromatic heterocycles. The van der Waals surface area contributed by atoms with Gasteiger partial charge in [-0.05, 0) is 12.3 Å². The topological polar surface area (TPSA) is 49.3 Å². The van der Waals surface area contributed by atoms with E-state index in [4.69, 9.17) is 0 Å². The average molecular weight is 275 g/mol. The normalized spacial score (nSPS) is 12.6. The van der Waals surface area contributed by atoms with Gasteiger partial charge in [0.1, 0.15) is 23.0 Å². The number of hydrogen-bond donors (Lipinski definition) is 2. The molecule has 0 saturated carbocycles. The van der Waals surface area contributed by atoms with Crippen molar-refractivity contribution in [3.63, 3.8) is 0 Å². The Morgan fingerprint density at radius 1 is 1.26 bits per heavy atom. The highest BCUT2D eigenvalue weighted by Gasteiger charge is 2.19. The zero-order valence-electron chi connectivity index (χ0n) is 10.7. The molecule has 1 aromatic rings. The Bertz CT molecular complexity index is 440. The fourth-order valence-corrected chi connectivity index (χ4v) is 1.51. The molecule has 19 heavy (non-hydrogen) atoms. The summed E-state index contributed by atoms with van der Waals surface area (Å²) in [7, 11) is 0. The monoisotopic (exact) mass is 275 g/mol. The minimum absolute atomic E-state index is 0.0243. The predicted molar refractivity (Wildman–Crippen MR) is 64.1 cm³/mol. The van der Waals surface area contributed by atoms with Crippen molar-refractivity contribution < 1.29 is 23.1 Å². The molecule has 1 aromatic carbocycles. The number of nitrogens with one attached hydrogen (secondary N) is 1. The van der Waals surface area contributed by atoms with Crippen LogP contribution in [0.5, 0.6) is 0 Å². The van der Waals surface area contributed by atoms with E-state index in [1.54, 1.807) is 0 Å². The van der Waals surface area contributed by atoms with Crippen molar-refractivity contribution in [1.82, 2.24) is 5.32 Å². The molecular weight excluding hydrogens is 259 g/mol. The lowest BCUT2D eigenvalue weighted by molar-refractivity contribution is 0.0912. The first-order valence-electron chi connectivity index (χ1n) is 5.93. The van der Waals surface area contributed by atoms with Gasteiger partial charge in [0.25, 0.3) is 5.91 Å². The van der Waals surface area contributed by atoms with E-state index >= 15 is 0 Å². The molecule has 0 heterocycles. The Balaban J connectivity index is 2.64. The summed E-state index contributed by atoms with van der Waals surface area (Å²) in [5.41, 5.74) is -0.819. The number of hydrogen-bond acceptors (Lipinski definition) is 2. The van der Waals surface area contributed by atoms with Gasteiger partial charge in [0.05, 0.1) is 6.10 Å². The maximum atomic E-state index is 13.3. The van der Waals surface area contributed by atoms with Crippen molar-refractivity contribution in [3.05, 3.63) is 35.1 Å². The maximum Gasteiger partial charge on any atom is 0.257 e. The second kappa shape index (κ2) is 6.56. The molecule has 0 bridgehead atoms. The molecule has 0 aliphatic rings. The Labute approximate surface area is 109 Å². The van der Waals surface area contributed by atoms with Crippen LogP contribution in [-0.2, 0) is 0 Å². The first-order valence-corrected chi connectivity index (χ1v) is 5.93. The van der Waals surface area contributed by atoms with Crippen LogP contribution in [0.2, 0.25) is 0 Å². The molecule has 0 aliphatic heterocycles. The van der Waals surface area contributed by atoms with Gasteiger partial charge in [0.15, 0.2) is 0 Å². The molecule has 1 atom stereocenters. The summed E-state index contributed by atoms with van der Waals surface area (Å²) in [5, 5.41) is 11.8. The Morgan fingerprint density at radius 2 is 1.79 bits per heavy atom. The van der Waals surface area contributed by atoms with Crippen molar-refractivity contribution in [3.8, 4) is 0 Å². The molecule has 106 valence electrons. The van der Waals surface area contributed by atoms with Gasteiger partial charge < -0.3 is 10.4 Å². The first kappa shape index (κ1) is 15.5. The maximum absolute atomic E-state index is 13.3. The van der Waals surface area contributed by atoms with Crippen molar-refractivity contribution in [2.75, 3.05) is 6.54 Å². The zero-order valence-corrected chi connectivity index (χ0v) is 10.7. The lowest BCUT2D eigenvalue weighted by atomic mass is 10.0. The molecule has 1 amide bonds. The SMILES string of the molecule is CC(C)C(O)CCNC(=O)c1c(F)cc(F)cc1F. The number of carbonyl (C=O) groups excluding carboxylic acids is 1. The van der Waals surface area contributed by atoms with Gasteiger partial charge in [-0.15, -0.1) is 0 Å². The summed E-state index contributed by atoms with van der Waals surface area (Å²) in [5.74, 6) is -4.53. The zero-order chi connectivity index (χ0) is 14.6. The van der Waals surface area contributed by atoms with Crippen LogP contribution in [0, 0.1) is 23.4 Å². The van der Waals surface area contributed by atoms with Gasteiger partial charge in [0, 0.05) is 18.7 Å². The second-order valence-electron chi connectivity index (χ2n) is 4.60. The molecule has 2 N–H and O–H groups in total. The number of carbonyl (C=O) groups is 1. The third-order valence-corrected chi connectivity index (χ3v) is 2.73. The Morgan fingerprint density at radius 3 is 2.26 bits per heavy atom. The average Bonchev–Trinajstić information content (AvgIpc) is 2.26. The fraction of sp³-hybridized carbons (Fsp3) is 0.462. The number of rotatable bonds is 5. The molecule has 0 radical (unpaired) electrons. The summed E-state index contributed by atoms with van der Waals surface area (Å²) >= 11 is 0. The molecule has 6 heteroatoms. The number of benzene rings is 1. The van der Waals surface area contributed by atoms with E-state index in [2.05, 4.69) is 5.32 Å². The van der Waals surface area contributed by atoms with E-state index in [0.717, 1.165) is 0 Å². The van der Waals surface area contributed by atoms with Crippen LogP contribution in [0.4, 0.5) is 13.2 Å². The summed E-state index contributed by atoms with van der Waals surface area (Å²) in [6.07, 6.45) is -0.336.